The van der Waals surface area contributed by atoms with Gasteiger partial charge in [0, 0.05) is 0 Å². The fourth-order valence-electron chi connectivity index (χ4n) is 4.81. The summed E-state index contributed by atoms with van der Waals surface area (Å²) in [4.78, 5) is 0. The third-order valence-electron chi connectivity index (χ3n) is 5.47. The summed E-state index contributed by atoms with van der Waals surface area (Å²) in [5.74, 6) is 2.49. The van der Waals surface area contributed by atoms with E-state index in [0.717, 1.165) is 17.8 Å². The Hall–Kier alpha value is -0.520. The van der Waals surface area contributed by atoms with Crippen LogP contribution >= 0.6 is 0 Å². The van der Waals surface area contributed by atoms with E-state index in [2.05, 4.69) is 20.8 Å². The minimum atomic E-state index is 0.777. The number of hydrogen-bond acceptors (Lipinski definition) is 0. The zero-order valence-electron chi connectivity index (χ0n) is 17.7. The molecule has 0 fully saturated rings. The van der Waals surface area contributed by atoms with Crippen LogP contribution in [0.4, 0.5) is 0 Å². The lowest BCUT2D eigenvalue weighted by molar-refractivity contribution is 0.416. The van der Waals surface area contributed by atoms with Gasteiger partial charge in [-0.05, 0) is 62.7 Å². The van der Waals surface area contributed by atoms with Crippen LogP contribution in [0.5, 0.6) is 0 Å². The molecule has 0 aromatic rings. The van der Waals surface area contributed by atoms with E-state index in [-0.39, 0.29) is 0 Å². The maximum atomic E-state index is 2.49. The molecule has 0 heteroatoms. The van der Waals surface area contributed by atoms with Crippen molar-refractivity contribution in [2.75, 3.05) is 0 Å². The topological polar surface area (TPSA) is 0 Å². The first-order valence-electron chi connectivity index (χ1n) is 10.6. The van der Waals surface area contributed by atoms with Crippen LogP contribution in [-0.4, -0.2) is 0 Å². The lowest BCUT2D eigenvalue weighted by atomic mass is 9.64. The zero-order chi connectivity index (χ0) is 18.0. The van der Waals surface area contributed by atoms with Crippen molar-refractivity contribution in [3.8, 4) is 0 Å². The van der Waals surface area contributed by atoms with E-state index in [1.807, 2.05) is 63.8 Å². The van der Waals surface area contributed by atoms with E-state index in [1.165, 1.54) is 44.9 Å². The number of allylic oxidation sites excluding steroid dienone is 4. The predicted molar refractivity (Wildman–Crippen MR) is 108 cm³/mol. The molecule has 0 amide bonds. The summed E-state index contributed by atoms with van der Waals surface area (Å²) in [6.45, 7) is 19.4. The summed E-state index contributed by atoms with van der Waals surface area (Å²) in [5.41, 5.74) is 7.38. The minimum Gasteiger partial charge on any atom is -0.0683 e. The number of hydrogen-bond donors (Lipinski definition) is 0. The van der Waals surface area contributed by atoms with Crippen molar-refractivity contribution in [3.63, 3.8) is 0 Å². The van der Waals surface area contributed by atoms with Gasteiger partial charge >= 0.3 is 0 Å². The van der Waals surface area contributed by atoms with E-state index >= 15 is 0 Å². The van der Waals surface area contributed by atoms with Crippen molar-refractivity contribution in [2.24, 2.45) is 17.8 Å². The summed E-state index contributed by atoms with van der Waals surface area (Å²) in [7, 11) is 0. The van der Waals surface area contributed by atoms with Crippen LogP contribution < -0.4 is 0 Å². The molecule has 0 saturated carbocycles. The predicted octanol–water partition coefficient (Wildman–Crippen LogP) is 8.34. The van der Waals surface area contributed by atoms with Gasteiger partial charge in [-0.1, -0.05) is 84.6 Å². The second-order valence-corrected chi connectivity index (χ2v) is 6.60. The van der Waals surface area contributed by atoms with Crippen LogP contribution in [0.25, 0.3) is 0 Å². The minimum absolute atomic E-state index is 0.777. The second kappa shape index (κ2) is 11.9. The molecule has 3 aliphatic carbocycles. The van der Waals surface area contributed by atoms with Gasteiger partial charge in [0.05, 0.1) is 0 Å². The largest absolute Gasteiger partial charge is 0.0683 e. The molecule has 0 nitrogen and oxygen atoms in total. The van der Waals surface area contributed by atoms with Crippen molar-refractivity contribution >= 4 is 0 Å². The van der Waals surface area contributed by atoms with Crippen molar-refractivity contribution in [1.29, 1.82) is 0 Å². The molecule has 0 aromatic heterocycles. The van der Waals surface area contributed by atoms with Gasteiger partial charge in [-0.25, -0.2) is 0 Å². The Morgan fingerprint density at radius 2 is 0.957 bits per heavy atom. The SMILES string of the molecule is CC.CC.CC.CC1CCCC2=C1C(C)C1=C(CCCC1C)C2. The highest BCUT2D eigenvalue weighted by atomic mass is 14.4. The van der Waals surface area contributed by atoms with Crippen molar-refractivity contribution in [1.82, 2.24) is 0 Å². The molecule has 3 rings (SSSR count). The van der Waals surface area contributed by atoms with Gasteiger partial charge in [-0.2, -0.15) is 0 Å². The highest BCUT2D eigenvalue weighted by molar-refractivity contribution is 5.41. The summed E-state index contributed by atoms with van der Waals surface area (Å²) in [6.07, 6.45) is 9.88. The molecule has 0 N–H and O–H groups in total. The molecule has 0 spiro atoms. The van der Waals surface area contributed by atoms with E-state index in [4.69, 9.17) is 0 Å². The molecule has 2 unspecified atom stereocenters. The van der Waals surface area contributed by atoms with Crippen LogP contribution in [0.3, 0.4) is 0 Å². The first kappa shape index (κ1) is 22.5. The van der Waals surface area contributed by atoms with E-state index in [0.29, 0.717) is 0 Å². The molecule has 0 aromatic carbocycles. The van der Waals surface area contributed by atoms with Crippen LogP contribution in [0.2, 0.25) is 0 Å². The standard InChI is InChI=1S/C17H26.3C2H6/c1-11-6-4-8-14-10-15-9-5-7-12(2)17(15)13(3)16(11)14;3*1-2/h11-13H,4-10H2,1-3H3;3*1-2H3. The quantitative estimate of drug-likeness (QED) is 0.393. The van der Waals surface area contributed by atoms with Crippen LogP contribution in [-0.2, 0) is 0 Å². The Morgan fingerprint density at radius 3 is 1.30 bits per heavy atom. The molecule has 136 valence electrons. The molecule has 0 saturated heterocycles. The van der Waals surface area contributed by atoms with Crippen LogP contribution in [0.1, 0.15) is 107 Å². The molecule has 0 bridgehead atoms. The third-order valence-corrected chi connectivity index (χ3v) is 5.47. The van der Waals surface area contributed by atoms with Gasteiger partial charge in [-0.3, -0.25) is 0 Å². The summed E-state index contributed by atoms with van der Waals surface area (Å²) >= 11 is 0. The fraction of sp³-hybridized carbons (Fsp3) is 0.826. The normalized spacial score (nSPS) is 28.8. The summed E-state index contributed by atoms with van der Waals surface area (Å²) < 4.78 is 0. The van der Waals surface area contributed by atoms with Gasteiger partial charge in [0.15, 0.2) is 0 Å². The maximum absolute atomic E-state index is 2.49. The van der Waals surface area contributed by atoms with Crippen molar-refractivity contribution in [3.05, 3.63) is 22.3 Å². The molecule has 0 heterocycles. The smallest absolute Gasteiger partial charge is 0.00105 e. The molecular formula is C23H44. The Balaban J connectivity index is 0.000000728. The zero-order valence-corrected chi connectivity index (χ0v) is 17.7. The van der Waals surface area contributed by atoms with Crippen LogP contribution in [0, 0.1) is 17.8 Å². The Morgan fingerprint density at radius 1 is 0.609 bits per heavy atom. The number of rotatable bonds is 0. The highest BCUT2D eigenvalue weighted by Gasteiger charge is 2.34. The lowest BCUT2D eigenvalue weighted by Gasteiger charge is -2.41. The molecule has 3 aliphatic rings. The maximum Gasteiger partial charge on any atom is -0.00105 e. The van der Waals surface area contributed by atoms with Crippen molar-refractivity contribution < 1.29 is 0 Å². The second-order valence-electron chi connectivity index (χ2n) is 6.60. The molecule has 2 atom stereocenters. The first-order chi connectivity index (χ1) is 11.2. The Kier molecular flexibility index (Phi) is 11.7. The van der Waals surface area contributed by atoms with Gasteiger partial charge < -0.3 is 0 Å². The molecule has 23 heavy (non-hydrogen) atoms. The Labute approximate surface area is 147 Å². The summed E-state index contributed by atoms with van der Waals surface area (Å²) in [6, 6.07) is 0. The summed E-state index contributed by atoms with van der Waals surface area (Å²) in [5, 5.41) is 0. The van der Waals surface area contributed by atoms with Gasteiger partial charge in [0.1, 0.15) is 0 Å². The first-order valence-corrected chi connectivity index (χ1v) is 10.6. The molecule has 0 radical (unpaired) electrons. The van der Waals surface area contributed by atoms with Crippen molar-refractivity contribution in [2.45, 2.75) is 107 Å². The highest BCUT2D eigenvalue weighted by Crippen LogP contribution is 2.49. The van der Waals surface area contributed by atoms with Crippen LogP contribution in [0.15, 0.2) is 22.3 Å². The average Bonchev–Trinajstić information content (AvgIpc) is 2.60. The van der Waals surface area contributed by atoms with Gasteiger partial charge in [-0.15, -0.1) is 0 Å². The van der Waals surface area contributed by atoms with E-state index in [1.54, 1.807) is 0 Å². The van der Waals surface area contributed by atoms with Gasteiger partial charge in [0.25, 0.3) is 0 Å². The average molecular weight is 321 g/mol. The van der Waals surface area contributed by atoms with Gasteiger partial charge in [0.2, 0.25) is 0 Å². The Bertz CT molecular complexity index is 347. The lowest BCUT2D eigenvalue weighted by Crippen LogP contribution is -2.26. The monoisotopic (exact) mass is 320 g/mol. The van der Waals surface area contributed by atoms with E-state index in [9.17, 15) is 0 Å². The third kappa shape index (κ3) is 5.23. The van der Waals surface area contributed by atoms with E-state index < -0.39 is 0 Å². The fourth-order valence-corrected chi connectivity index (χ4v) is 4.81. The molecular weight excluding hydrogens is 276 g/mol. The molecule has 0 aliphatic heterocycles.